The van der Waals surface area contributed by atoms with Crippen molar-refractivity contribution in [2.45, 2.75) is 39.3 Å². The average Bonchev–Trinajstić information content (AvgIpc) is 2.87. The summed E-state index contributed by atoms with van der Waals surface area (Å²) < 4.78 is 7.54. The van der Waals surface area contributed by atoms with Crippen LogP contribution in [0.1, 0.15) is 35.2 Å². The first-order valence-corrected chi connectivity index (χ1v) is 7.58. The SMILES string of the molecule is CCOc1ncccc1C(=O)NC1CCc2nc(C)cn2C1. The van der Waals surface area contributed by atoms with Crippen LogP contribution in [0, 0.1) is 6.92 Å². The number of imidazole rings is 1. The Morgan fingerprint density at radius 1 is 1.55 bits per heavy atom. The predicted octanol–water partition coefficient (Wildman–Crippen LogP) is 1.73. The van der Waals surface area contributed by atoms with Crippen LogP contribution < -0.4 is 10.1 Å². The van der Waals surface area contributed by atoms with E-state index in [1.54, 1.807) is 18.3 Å². The van der Waals surface area contributed by atoms with Crippen LogP contribution in [0.25, 0.3) is 0 Å². The maximum atomic E-state index is 12.5. The second-order valence-corrected chi connectivity index (χ2v) is 5.45. The predicted molar refractivity (Wildman–Crippen MR) is 81.9 cm³/mol. The molecular weight excluding hydrogens is 280 g/mol. The van der Waals surface area contributed by atoms with Crippen LogP contribution in [-0.2, 0) is 13.0 Å². The molecule has 0 radical (unpaired) electrons. The second kappa shape index (κ2) is 6.17. The molecule has 116 valence electrons. The zero-order valence-corrected chi connectivity index (χ0v) is 12.9. The Hall–Kier alpha value is -2.37. The fraction of sp³-hybridized carbons (Fsp3) is 0.438. The van der Waals surface area contributed by atoms with E-state index in [1.807, 2.05) is 20.0 Å². The Kier molecular flexibility index (Phi) is 4.09. The molecule has 0 saturated heterocycles. The fourth-order valence-corrected chi connectivity index (χ4v) is 2.78. The minimum atomic E-state index is -0.137. The van der Waals surface area contributed by atoms with Crippen LogP contribution >= 0.6 is 0 Å². The number of hydrogen-bond acceptors (Lipinski definition) is 4. The lowest BCUT2D eigenvalue weighted by atomic mass is 10.1. The average molecular weight is 300 g/mol. The molecule has 1 amide bonds. The van der Waals surface area contributed by atoms with Crippen molar-refractivity contribution in [3.8, 4) is 5.88 Å². The third kappa shape index (κ3) is 2.95. The highest BCUT2D eigenvalue weighted by Gasteiger charge is 2.23. The molecule has 2 aromatic heterocycles. The summed E-state index contributed by atoms with van der Waals surface area (Å²) in [5, 5.41) is 3.08. The van der Waals surface area contributed by atoms with E-state index in [2.05, 4.69) is 19.9 Å². The molecule has 1 aliphatic rings. The first-order chi connectivity index (χ1) is 10.7. The molecule has 0 spiro atoms. The molecule has 2 aromatic rings. The number of aryl methyl sites for hydroxylation is 2. The van der Waals surface area contributed by atoms with E-state index in [4.69, 9.17) is 4.74 Å². The lowest BCUT2D eigenvalue weighted by molar-refractivity contribution is 0.0923. The third-order valence-electron chi connectivity index (χ3n) is 3.75. The zero-order chi connectivity index (χ0) is 15.5. The zero-order valence-electron chi connectivity index (χ0n) is 12.9. The van der Waals surface area contributed by atoms with Gasteiger partial charge in [0.2, 0.25) is 5.88 Å². The van der Waals surface area contributed by atoms with E-state index in [0.717, 1.165) is 30.9 Å². The van der Waals surface area contributed by atoms with Crippen LogP contribution in [0.4, 0.5) is 0 Å². The van der Waals surface area contributed by atoms with E-state index in [1.165, 1.54) is 0 Å². The molecule has 0 aromatic carbocycles. The maximum absolute atomic E-state index is 12.5. The van der Waals surface area contributed by atoms with Crippen molar-refractivity contribution in [3.05, 3.63) is 41.6 Å². The number of pyridine rings is 1. The highest BCUT2D eigenvalue weighted by Crippen LogP contribution is 2.18. The van der Waals surface area contributed by atoms with Gasteiger partial charge in [-0.1, -0.05) is 0 Å². The molecule has 1 N–H and O–H groups in total. The number of hydrogen-bond donors (Lipinski definition) is 1. The van der Waals surface area contributed by atoms with Crippen molar-refractivity contribution >= 4 is 5.91 Å². The van der Waals surface area contributed by atoms with Gasteiger partial charge in [-0.25, -0.2) is 9.97 Å². The van der Waals surface area contributed by atoms with Gasteiger partial charge in [0.05, 0.1) is 12.3 Å². The van der Waals surface area contributed by atoms with E-state index in [9.17, 15) is 4.79 Å². The molecule has 0 fully saturated rings. The molecule has 6 nitrogen and oxygen atoms in total. The molecule has 0 aliphatic carbocycles. The Balaban J connectivity index is 1.70. The molecule has 0 bridgehead atoms. The van der Waals surface area contributed by atoms with Gasteiger partial charge in [-0.3, -0.25) is 4.79 Å². The summed E-state index contributed by atoms with van der Waals surface area (Å²) in [6.07, 6.45) is 5.43. The van der Waals surface area contributed by atoms with Gasteiger partial charge < -0.3 is 14.6 Å². The van der Waals surface area contributed by atoms with Gasteiger partial charge in [0.25, 0.3) is 5.91 Å². The van der Waals surface area contributed by atoms with Gasteiger partial charge in [-0.2, -0.15) is 0 Å². The maximum Gasteiger partial charge on any atom is 0.257 e. The first kappa shape index (κ1) is 14.6. The van der Waals surface area contributed by atoms with Crippen molar-refractivity contribution in [1.82, 2.24) is 19.9 Å². The Labute approximate surface area is 129 Å². The first-order valence-electron chi connectivity index (χ1n) is 7.58. The quantitative estimate of drug-likeness (QED) is 0.933. The van der Waals surface area contributed by atoms with Crippen molar-refractivity contribution < 1.29 is 9.53 Å². The molecule has 3 rings (SSSR count). The van der Waals surface area contributed by atoms with Gasteiger partial charge >= 0.3 is 0 Å². The van der Waals surface area contributed by atoms with Crippen molar-refractivity contribution in [2.75, 3.05) is 6.61 Å². The van der Waals surface area contributed by atoms with Crippen LogP contribution in [0.3, 0.4) is 0 Å². The topological polar surface area (TPSA) is 69.0 Å². The number of aromatic nitrogens is 3. The normalized spacial score (nSPS) is 16.9. The van der Waals surface area contributed by atoms with Gasteiger partial charge in [0.15, 0.2) is 0 Å². The van der Waals surface area contributed by atoms with Crippen LogP contribution in [0.15, 0.2) is 24.5 Å². The summed E-state index contributed by atoms with van der Waals surface area (Å²) >= 11 is 0. The summed E-state index contributed by atoms with van der Waals surface area (Å²) in [6.45, 7) is 5.11. The van der Waals surface area contributed by atoms with Gasteiger partial charge in [-0.05, 0) is 32.4 Å². The summed E-state index contributed by atoms with van der Waals surface area (Å²) in [6, 6.07) is 3.58. The number of ether oxygens (including phenoxy) is 1. The monoisotopic (exact) mass is 300 g/mol. The van der Waals surface area contributed by atoms with Crippen LogP contribution in [-0.4, -0.2) is 33.1 Å². The molecular formula is C16H20N4O2. The van der Waals surface area contributed by atoms with Gasteiger partial charge in [0.1, 0.15) is 11.4 Å². The Morgan fingerprint density at radius 2 is 2.41 bits per heavy atom. The van der Waals surface area contributed by atoms with Crippen LogP contribution in [0.2, 0.25) is 0 Å². The van der Waals surface area contributed by atoms with E-state index in [0.29, 0.717) is 18.1 Å². The summed E-state index contributed by atoms with van der Waals surface area (Å²) in [5.41, 5.74) is 1.50. The Morgan fingerprint density at radius 3 is 3.23 bits per heavy atom. The number of nitrogens with zero attached hydrogens (tertiary/aromatic N) is 3. The smallest absolute Gasteiger partial charge is 0.257 e. The summed E-state index contributed by atoms with van der Waals surface area (Å²) in [5.74, 6) is 1.35. The highest BCUT2D eigenvalue weighted by molar-refractivity contribution is 5.96. The molecule has 3 heterocycles. The van der Waals surface area contributed by atoms with Crippen molar-refractivity contribution in [2.24, 2.45) is 0 Å². The number of carbonyl (C=O) groups is 1. The van der Waals surface area contributed by atoms with Crippen LogP contribution in [0.5, 0.6) is 5.88 Å². The van der Waals surface area contributed by atoms with Crippen molar-refractivity contribution in [1.29, 1.82) is 0 Å². The number of carbonyl (C=O) groups excluding carboxylic acids is 1. The number of nitrogens with one attached hydrogen (secondary N) is 1. The summed E-state index contributed by atoms with van der Waals surface area (Å²) in [4.78, 5) is 21.1. The van der Waals surface area contributed by atoms with E-state index >= 15 is 0 Å². The molecule has 1 unspecified atom stereocenters. The standard InChI is InChI=1S/C16H20N4O2/c1-3-22-16-13(5-4-8-17-16)15(21)19-12-6-7-14-18-11(2)9-20(14)10-12/h4-5,8-9,12H,3,6-7,10H2,1-2H3,(H,19,21). The van der Waals surface area contributed by atoms with E-state index in [-0.39, 0.29) is 11.9 Å². The molecule has 1 aliphatic heterocycles. The number of fused-ring (bicyclic) bond motifs is 1. The van der Waals surface area contributed by atoms with E-state index < -0.39 is 0 Å². The highest BCUT2D eigenvalue weighted by atomic mass is 16.5. The Bertz CT molecular complexity index is 681. The van der Waals surface area contributed by atoms with Crippen molar-refractivity contribution in [3.63, 3.8) is 0 Å². The molecule has 1 atom stereocenters. The summed E-state index contributed by atoms with van der Waals surface area (Å²) in [7, 11) is 0. The lowest BCUT2D eigenvalue weighted by Crippen LogP contribution is -2.41. The number of rotatable bonds is 4. The largest absolute Gasteiger partial charge is 0.477 e. The number of amides is 1. The minimum Gasteiger partial charge on any atom is -0.477 e. The second-order valence-electron chi connectivity index (χ2n) is 5.45. The fourth-order valence-electron chi connectivity index (χ4n) is 2.78. The molecule has 0 saturated carbocycles. The van der Waals surface area contributed by atoms with Gasteiger partial charge in [0, 0.05) is 31.4 Å². The molecule has 6 heteroatoms. The van der Waals surface area contributed by atoms with Gasteiger partial charge in [-0.15, -0.1) is 0 Å². The third-order valence-corrected chi connectivity index (χ3v) is 3.75. The lowest BCUT2D eigenvalue weighted by Gasteiger charge is -2.24. The molecule has 22 heavy (non-hydrogen) atoms. The minimum absolute atomic E-state index is 0.100.